The van der Waals surface area contributed by atoms with Gasteiger partial charge in [-0.1, -0.05) is 12.1 Å². The number of morpholine rings is 1. The number of likely N-dealkylation sites (N-methyl/N-ethyl adjacent to an activating group) is 1. The molecule has 1 saturated heterocycles. The number of benzene rings is 1. The molecular weight excluding hydrogens is 283 g/mol. The Morgan fingerprint density at radius 2 is 1.95 bits per heavy atom. The second kappa shape index (κ2) is 7.07. The Labute approximate surface area is 130 Å². The van der Waals surface area contributed by atoms with E-state index in [4.69, 9.17) is 4.74 Å². The van der Waals surface area contributed by atoms with Gasteiger partial charge in [0.1, 0.15) is 5.82 Å². The van der Waals surface area contributed by atoms with E-state index < -0.39 is 0 Å². The SMILES string of the molecule is CN1CCN=C1NCC(c1ccc(F)cc1)N1CCOCC1. The Hall–Kier alpha value is -1.66. The largest absolute Gasteiger partial charge is 0.379 e. The van der Waals surface area contributed by atoms with Gasteiger partial charge in [0.05, 0.1) is 25.8 Å². The van der Waals surface area contributed by atoms with E-state index in [-0.39, 0.29) is 11.9 Å². The molecule has 0 spiro atoms. The predicted molar refractivity (Wildman–Crippen MR) is 84.5 cm³/mol. The van der Waals surface area contributed by atoms with E-state index in [2.05, 4.69) is 20.1 Å². The van der Waals surface area contributed by atoms with Crippen molar-refractivity contribution in [3.63, 3.8) is 0 Å². The van der Waals surface area contributed by atoms with Crippen LogP contribution in [0.4, 0.5) is 4.39 Å². The van der Waals surface area contributed by atoms with E-state index >= 15 is 0 Å². The zero-order chi connectivity index (χ0) is 15.4. The molecule has 1 unspecified atom stereocenters. The van der Waals surface area contributed by atoms with Gasteiger partial charge < -0.3 is 15.0 Å². The van der Waals surface area contributed by atoms with Gasteiger partial charge in [-0.3, -0.25) is 9.89 Å². The summed E-state index contributed by atoms with van der Waals surface area (Å²) in [6.07, 6.45) is 0. The fraction of sp³-hybridized carbons (Fsp3) is 0.562. The number of halogens is 1. The van der Waals surface area contributed by atoms with Crippen LogP contribution >= 0.6 is 0 Å². The van der Waals surface area contributed by atoms with E-state index in [9.17, 15) is 4.39 Å². The number of nitrogens with zero attached hydrogens (tertiary/aromatic N) is 3. The van der Waals surface area contributed by atoms with Crippen molar-refractivity contribution in [3.8, 4) is 0 Å². The van der Waals surface area contributed by atoms with E-state index in [0.29, 0.717) is 0 Å². The fourth-order valence-corrected chi connectivity index (χ4v) is 2.94. The highest BCUT2D eigenvalue weighted by atomic mass is 19.1. The molecule has 1 fully saturated rings. The van der Waals surface area contributed by atoms with Crippen LogP contribution in [0.1, 0.15) is 11.6 Å². The molecule has 1 N–H and O–H groups in total. The van der Waals surface area contributed by atoms with Crippen molar-refractivity contribution in [3.05, 3.63) is 35.6 Å². The standard InChI is InChI=1S/C16H23FN4O/c1-20-7-6-18-16(20)19-12-15(21-8-10-22-11-9-21)13-2-4-14(17)5-3-13/h2-5,15H,6-12H2,1H3,(H,18,19). The lowest BCUT2D eigenvalue weighted by Gasteiger charge is -2.35. The quantitative estimate of drug-likeness (QED) is 0.904. The maximum Gasteiger partial charge on any atom is 0.193 e. The van der Waals surface area contributed by atoms with Crippen LogP contribution < -0.4 is 5.32 Å². The Kier molecular flexibility index (Phi) is 4.90. The summed E-state index contributed by atoms with van der Waals surface area (Å²) < 4.78 is 18.6. The first-order valence-electron chi connectivity index (χ1n) is 7.81. The lowest BCUT2D eigenvalue weighted by Crippen LogP contribution is -2.45. The normalized spacial score (nSPS) is 20.8. The Bertz CT molecular complexity index is 513. The molecule has 0 saturated carbocycles. The minimum atomic E-state index is -0.197. The number of hydrogen-bond donors (Lipinski definition) is 1. The zero-order valence-electron chi connectivity index (χ0n) is 13.0. The molecule has 22 heavy (non-hydrogen) atoms. The average molecular weight is 306 g/mol. The summed E-state index contributed by atoms with van der Waals surface area (Å²) in [4.78, 5) is 8.98. The van der Waals surface area contributed by atoms with Gasteiger partial charge in [0.15, 0.2) is 5.96 Å². The van der Waals surface area contributed by atoms with Gasteiger partial charge >= 0.3 is 0 Å². The molecule has 0 radical (unpaired) electrons. The summed E-state index contributed by atoms with van der Waals surface area (Å²) in [6.45, 7) is 5.85. The predicted octanol–water partition coefficient (Wildman–Crippen LogP) is 1.09. The molecule has 1 atom stereocenters. The van der Waals surface area contributed by atoms with Crippen LogP contribution in [0.2, 0.25) is 0 Å². The summed E-state index contributed by atoms with van der Waals surface area (Å²) in [6, 6.07) is 7.00. The van der Waals surface area contributed by atoms with Crippen molar-refractivity contribution in [1.82, 2.24) is 15.1 Å². The third-order valence-electron chi connectivity index (χ3n) is 4.25. The number of nitrogens with one attached hydrogen (secondary N) is 1. The van der Waals surface area contributed by atoms with Crippen LogP contribution in [0.3, 0.4) is 0 Å². The molecule has 120 valence electrons. The maximum absolute atomic E-state index is 13.2. The molecule has 5 nitrogen and oxygen atoms in total. The molecule has 2 heterocycles. The summed E-state index contributed by atoms with van der Waals surface area (Å²) in [5, 5.41) is 3.44. The van der Waals surface area contributed by atoms with Crippen molar-refractivity contribution in [2.45, 2.75) is 6.04 Å². The highest BCUT2D eigenvalue weighted by molar-refractivity contribution is 5.81. The van der Waals surface area contributed by atoms with Crippen LogP contribution in [-0.2, 0) is 4.74 Å². The van der Waals surface area contributed by atoms with Crippen molar-refractivity contribution >= 4 is 5.96 Å². The van der Waals surface area contributed by atoms with Crippen LogP contribution in [0.5, 0.6) is 0 Å². The minimum absolute atomic E-state index is 0.196. The highest BCUT2D eigenvalue weighted by Crippen LogP contribution is 2.21. The van der Waals surface area contributed by atoms with E-state index in [1.165, 1.54) is 12.1 Å². The summed E-state index contributed by atoms with van der Waals surface area (Å²) in [7, 11) is 2.04. The summed E-state index contributed by atoms with van der Waals surface area (Å²) >= 11 is 0. The molecule has 2 aliphatic rings. The van der Waals surface area contributed by atoms with E-state index in [1.807, 2.05) is 19.2 Å². The number of hydrogen-bond acceptors (Lipinski definition) is 5. The van der Waals surface area contributed by atoms with Gasteiger partial charge in [0, 0.05) is 33.2 Å². The third-order valence-corrected chi connectivity index (χ3v) is 4.25. The second-order valence-corrected chi connectivity index (χ2v) is 5.72. The molecule has 3 rings (SSSR count). The lowest BCUT2D eigenvalue weighted by molar-refractivity contribution is 0.0169. The first-order chi connectivity index (χ1) is 10.7. The Balaban J connectivity index is 1.71. The average Bonchev–Trinajstić information content (AvgIpc) is 2.96. The van der Waals surface area contributed by atoms with Crippen molar-refractivity contribution < 1.29 is 9.13 Å². The van der Waals surface area contributed by atoms with Crippen LogP contribution in [0, 0.1) is 5.82 Å². The second-order valence-electron chi connectivity index (χ2n) is 5.72. The summed E-state index contributed by atoms with van der Waals surface area (Å²) in [5.74, 6) is 0.748. The Morgan fingerprint density at radius 3 is 2.59 bits per heavy atom. The van der Waals surface area contributed by atoms with Gasteiger partial charge in [-0.2, -0.15) is 0 Å². The van der Waals surface area contributed by atoms with Gasteiger partial charge in [-0.25, -0.2) is 4.39 Å². The zero-order valence-corrected chi connectivity index (χ0v) is 13.0. The molecule has 1 aromatic carbocycles. The minimum Gasteiger partial charge on any atom is -0.379 e. The molecule has 0 aliphatic carbocycles. The number of aliphatic imine (C=N–C) groups is 1. The maximum atomic E-state index is 13.2. The van der Waals surface area contributed by atoms with Gasteiger partial charge in [-0.15, -0.1) is 0 Å². The first kappa shape index (κ1) is 15.2. The molecule has 6 heteroatoms. The number of rotatable bonds is 4. The molecular formula is C16H23FN4O. The van der Waals surface area contributed by atoms with Crippen molar-refractivity contribution in [1.29, 1.82) is 0 Å². The fourth-order valence-electron chi connectivity index (χ4n) is 2.94. The highest BCUT2D eigenvalue weighted by Gasteiger charge is 2.24. The van der Waals surface area contributed by atoms with E-state index in [1.54, 1.807) is 0 Å². The molecule has 0 bridgehead atoms. The van der Waals surface area contributed by atoms with Crippen molar-refractivity contribution in [2.24, 2.45) is 4.99 Å². The van der Waals surface area contributed by atoms with E-state index in [0.717, 1.165) is 57.5 Å². The lowest BCUT2D eigenvalue weighted by atomic mass is 10.0. The summed E-state index contributed by atoms with van der Waals surface area (Å²) in [5.41, 5.74) is 1.12. The molecule has 0 amide bonds. The molecule has 1 aromatic rings. The van der Waals surface area contributed by atoms with Gasteiger partial charge in [0.25, 0.3) is 0 Å². The van der Waals surface area contributed by atoms with Gasteiger partial charge in [-0.05, 0) is 17.7 Å². The van der Waals surface area contributed by atoms with Gasteiger partial charge in [0.2, 0.25) is 0 Å². The number of guanidine groups is 1. The smallest absolute Gasteiger partial charge is 0.193 e. The third kappa shape index (κ3) is 3.56. The Morgan fingerprint density at radius 1 is 1.23 bits per heavy atom. The molecule has 2 aliphatic heterocycles. The van der Waals surface area contributed by atoms with Crippen molar-refractivity contribution in [2.75, 3.05) is 53.0 Å². The topological polar surface area (TPSA) is 40.1 Å². The van der Waals surface area contributed by atoms with Crippen LogP contribution in [0.25, 0.3) is 0 Å². The first-order valence-corrected chi connectivity index (χ1v) is 7.81. The monoisotopic (exact) mass is 306 g/mol. The van der Waals surface area contributed by atoms with Crippen LogP contribution in [-0.4, -0.2) is 68.7 Å². The van der Waals surface area contributed by atoms with Crippen LogP contribution in [0.15, 0.2) is 29.3 Å². The molecule has 0 aromatic heterocycles. The number of ether oxygens (including phenoxy) is 1.